The van der Waals surface area contributed by atoms with Crippen LogP contribution < -0.4 is 4.74 Å². The molecule has 5 heterocycles. The van der Waals surface area contributed by atoms with E-state index in [1.807, 2.05) is 96.3 Å². The number of hydrogen-bond acceptors (Lipinski definition) is 5. The van der Waals surface area contributed by atoms with Gasteiger partial charge in [-0.05, 0) is 109 Å². The number of aryl methyl sites for hydroxylation is 3. The Kier molecular flexibility index (Phi) is 9.26. The molecule has 0 saturated heterocycles. The molecule has 9 aromatic rings. The van der Waals surface area contributed by atoms with Gasteiger partial charge >= 0.3 is 21.1 Å². The van der Waals surface area contributed by atoms with Crippen LogP contribution >= 0.6 is 0 Å². The summed E-state index contributed by atoms with van der Waals surface area (Å²) < 4.78 is 10.7. The van der Waals surface area contributed by atoms with Crippen LogP contribution in [-0.2, 0) is 21.1 Å². The first kappa shape index (κ1) is 34.9. The van der Waals surface area contributed by atoms with Crippen molar-refractivity contribution in [1.29, 1.82) is 0 Å². The molecular weight excluding hydrogens is 848 g/mol. The van der Waals surface area contributed by atoms with Crippen LogP contribution in [0.3, 0.4) is 0 Å². The second-order valence-electron chi connectivity index (χ2n) is 13.3. The Morgan fingerprint density at radius 1 is 0.611 bits per heavy atom. The summed E-state index contributed by atoms with van der Waals surface area (Å²) in [6, 6.07) is 41.9. The molecule has 0 amide bonds. The van der Waals surface area contributed by atoms with Gasteiger partial charge in [0.05, 0.1) is 5.69 Å². The third kappa shape index (κ3) is 6.10. The number of rotatable bonds is 7. The van der Waals surface area contributed by atoms with E-state index in [4.69, 9.17) is 14.8 Å². The van der Waals surface area contributed by atoms with Crippen LogP contribution in [0.25, 0.3) is 67.0 Å². The fraction of sp³-hybridized carbons (Fsp3) is 0.0870. The number of ether oxygens (including phenoxy) is 1. The molecule has 0 aliphatic heterocycles. The second-order valence-corrected chi connectivity index (χ2v) is 13.3. The molecule has 0 spiro atoms. The zero-order valence-electron chi connectivity index (χ0n) is 30.1. The van der Waals surface area contributed by atoms with Crippen LogP contribution in [-0.4, -0.2) is 29.3 Å². The van der Waals surface area contributed by atoms with Crippen molar-refractivity contribution in [2.24, 2.45) is 0 Å². The molecule has 0 radical (unpaired) electrons. The van der Waals surface area contributed by atoms with Gasteiger partial charge in [-0.15, -0.1) is 35.7 Å². The van der Waals surface area contributed by atoms with E-state index in [9.17, 15) is 0 Å². The molecule has 0 unspecified atom stereocenters. The minimum absolute atomic E-state index is 0. The van der Waals surface area contributed by atoms with Gasteiger partial charge in [0.1, 0.15) is 11.5 Å². The van der Waals surface area contributed by atoms with Crippen molar-refractivity contribution in [2.75, 3.05) is 0 Å². The normalized spacial score (nSPS) is 11.2. The molecule has 0 aliphatic rings. The van der Waals surface area contributed by atoms with Crippen LogP contribution in [0, 0.1) is 39.8 Å². The van der Waals surface area contributed by atoms with Gasteiger partial charge in [0, 0.05) is 64.7 Å². The summed E-state index contributed by atoms with van der Waals surface area (Å²) in [5.74, 6) is 1.95. The van der Waals surface area contributed by atoms with Gasteiger partial charge in [0.2, 0.25) is 0 Å². The summed E-state index contributed by atoms with van der Waals surface area (Å²) in [4.78, 5) is 13.4. The van der Waals surface area contributed by atoms with Crippen LogP contribution in [0.1, 0.15) is 22.3 Å². The largest absolute Gasteiger partial charge is 2.00 e. The first-order valence-electron chi connectivity index (χ1n) is 17.5. The smallest absolute Gasteiger partial charge is 0.509 e. The van der Waals surface area contributed by atoms with Crippen molar-refractivity contribution < 1.29 is 25.8 Å². The number of nitrogens with zero attached hydrogens (tertiary/aromatic N) is 6. The molecule has 0 atom stereocenters. The average molecular weight is 882 g/mol. The Hall–Kier alpha value is -6.17. The van der Waals surface area contributed by atoms with Gasteiger partial charge in [0.15, 0.2) is 0 Å². The monoisotopic (exact) mass is 881 g/mol. The van der Waals surface area contributed by atoms with Crippen LogP contribution in [0.15, 0.2) is 134 Å². The Balaban J connectivity index is 0.00000413. The van der Waals surface area contributed by atoms with Crippen molar-refractivity contribution in [1.82, 2.24) is 29.3 Å². The van der Waals surface area contributed by atoms with Gasteiger partial charge in [-0.25, -0.2) is 4.98 Å². The molecule has 5 aromatic heterocycles. The van der Waals surface area contributed by atoms with Crippen LogP contribution in [0.4, 0.5) is 0 Å². The minimum atomic E-state index is 0. The molecule has 0 saturated carbocycles. The summed E-state index contributed by atoms with van der Waals surface area (Å²) in [5.41, 5.74) is 13.4. The van der Waals surface area contributed by atoms with E-state index >= 15 is 0 Å². The number of fused-ring (bicyclic) bond motifs is 3. The fourth-order valence-corrected chi connectivity index (χ4v) is 7.21. The van der Waals surface area contributed by atoms with Crippen LogP contribution in [0.5, 0.6) is 11.5 Å². The minimum Gasteiger partial charge on any atom is -0.509 e. The summed E-state index contributed by atoms with van der Waals surface area (Å²) in [6.07, 6.45) is 9.10. The Morgan fingerprint density at radius 2 is 1.33 bits per heavy atom. The molecule has 0 fully saturated rings. The maximum Gasteiger partial charge on any atom is 2.00 e. The number of hydrogen-bond donors (Lipinski definition) is 0. The molecule has 0 N–H and O–H groups in total. The predicted octanol–water partition coefficient (Wildman–Crippen LogP) is 10.8. The number of benzene rings is 4. The third-order valence-electron chi connectivity index (χ3n) is 9.88. The number of aromatic nitrogens is 6. The maximum absolute atomic E-state index is 6.56. The molecule has 8 heteroatoms. The van der Waals surface area contributed by atoms with Crippen molar-refractivity contribution in [3.63, 3.8) is 0 Å². The molecule has 4 aromatic carbocycles. The third-order valence-corrected chi connectivity index (χ3v) is 9.88. The fourth-order valence-electron chi connectivity index (χ4n) is 7.21. The molecular formula is C46H34N6OPt. The zero-order valence-corrected chi connectivity index (χ0v) is 32.4. The van der Waals surface area contributed by atoms with Gasteiger partial charge < -0.3 is 9.30 Å². The van der Waals surface area contributed by atoms with Crippen molar-refractivity contribution in [2.45, 2.75) is 27.7 Å². The quantitative estimate of drug-likeness (QED) is 0.149. The van der Waals surface area contributed by atoms with Gasteiger partial charge in [-0.3, -0.25) is 14.6 Å². The predicted molar refractivity (Wildman–Crippen MR) is 211 cm³/mol. The number of para-hydroxylation sites is 1. The SMILES string of the molecule is Cc1ccnc(-n2c3[c-]c(Oc4[c-]c(-n5nc(-c6ccncc6)c(-c6c(C)ccc(C)c6C)c5-c5ccncc5)ccc4)ccc3c3ccccc32)c1.[Pt+2]. The van der Waals surface area contributed by atoms with Gasteiger partial charge in [-0.2, -0.15) is 17.2 Å². The number of pyridine rings is 3. The average Bonchev–Trinajstić information content (AvgIpc) is 3.74. The van der Waals surface area contributed by atoms with E-state index in [0.29, 0.717) is 11.5 Å². The summed E-state index contributed by atoms with van der Waals surface area (Å²) >= 11 is 0. The van der Waals surface area contributed by atoms with E-state index in [1.165, 1.54) is 16.7 Å². The first-order chi connectivity index (χ1) is 25.9. The maximum atomic E-state index is 6.56. The Labute approximate surface area is 328 Å². The zero-order chi connectivity index (χ0) is 36.1. The van der Waals surface area contributed by atoms with E-state index in [1.54, 1.807) is 0 Å². The summed E-state index contributed by atoms with van der Waals surface area (Å²) in [7, 11) is 0. The first-order valence-corrected chi connectivity index (χ1v) is 17.5. The standard InChI is InChI=1S/C46H34N6O.Pt/c1-29-16-25-49-42(26-29)51-40-11-6-5-10-38(40)39-15-14-37(28-41(39)51)53-36-9-7-8-35(27-36)52-46(34-19-23-48-24-20-34)44(43-31(3)13-12-30(2)32(43)4)45(50-52)33-17-21-47-22-18-33;/h5-26H,1-4H3;/q-2;+2. The molecule has 0 aliphatic carbocycles. The van der Waals surface area contributed by atoms with Crippen molar-refractivity contribution >= 4 is 21.8 Å². The molecule has 9 rings (SSSR count). The molecule has 54 heavy (non-hydrogen) atoms. The van der Waals surface area contributed by atoms with Crippen molar-refractivity contribution in [3.8, 4) is 56.6 Å². The van der Waals surface area contributed by atoms with Gasteiger partial charge in [0.25, 0.3) is 0 Å². The topological polar surface area (TPSA) is 70.7 Å². The van der Waals surface area contributed by atoms with E-state index in [2.05, 4.69) is 96.8 Å². The second kappa shape index (κ2) is 14.3. The summed E-state index contributed by atoms with van der Waals surface area (Å²) in [6.45, 7) is 8.57. The Bertz CT molecular complexity index is 2810. The summed E-state index contributed by atoms with van der Waals surface area (Å²) in [5, 5.41) is 7.55. The van der Waals surface area contributed by atoms with E-state index in [-0.39, 0.29) is 21.1 Å². The van der Waals surface area contributed by atoms with Crippen molar-refractivity contribution in [3.05, 3.63) is 168 Å². The molecule has 264 valence electrons. The molecule has 0 bridgehead atoms. The van der Waals surface area contributed by atoms with Crippen LogP contribution in [0.2, 0.25) is 0 Å². The van der Waals surface area contributed by atoms with E-state index in [0.717, 1.165) is 72.5 Å². The van der Waals surface area contributed by atoms with Gasteiger partial charge in [-0.1, -0.05) is 35.8 Å². The molecule has 7 nitrogen and oxygen atoms in total. The Morgan fingerprint density at radius 3 is 2.11 bits per heavy atom. The van der Waals surface area contributed by atoms with E-state index < -0.39 is 0 Å².